The smallest absolute Gasteiger partial charge is 0.306 e. The molecule has 0 bridgehead atoms. The van der Waals surface area contributed by atoms with Crippen molar-refractivity contribution >= 4 is 5.97 Å². The van der Waals surface area contributed by atoms with Crippen LogP contribution in [0.1, 0.15) is 49.7 Å². The summed E-state index contributed by atoms with van der Waals surface area (Å²) in [5.41, 5.74) is 9.92. The summed E-state index contributed by atoms with van der Waals surface area (Å²) in [6.07, 6.45) is 10.7. The Labute approximate surface area is 216 Å². The van der Waals surface area contributed by atoms with Gasteiger partial charge in [-0.25, -0.2) is 39.9 Å². The fourth-order valence-electron chi connectivity index (χ4n) is 2.96. The normalized spacial score (nSPS) is 10.9. The molecule has 2 N–H and O–H groups in total. The SMILES string of the molecule is Cc1cnc(-c2cc(CCC(=O)OC(C)(C)C)ncn2)nc1.Cc1cnc(-c2cc(CN)ncn2)nc1. The van der Waals surface area contributed by atoms with Crippen LogP contribution in [0.25, 0.3) is 23.0 Å². The molecule has 0 radical (unpaired) electrons. The highest BCUT2D eigenvalue weighted by Gasteiger charge is 2.16. The molecular formula is C26H31N9O2. The number of ether oxygens (including phenoxy) is 1. The maximum atomic E-state index is 11.7. The molecule has 0 atom stereocenters. The summed E-state index contributed by atoms with van der Waals surface area (Å²) in [4.78, 5) is 45.0. The lowest BCUT2D eigenvalue weighted by atomic mass is 10.1. The molecule has 4 rings (SSSR count). The van der Waals surface area contributed by atoms with E-state index in [9.17, 15) is 4.79 Å². The minimum atomic E-state index is -0.469. The lowest BCUT2D eigenvalue weighted by molar-refractivity contribution is -0.154. The molecule has 192 valence electrons. The summed E-state index contributed by atoms with van der Waals surface area (Å²) < 4.78 is 5.28. The Morgan fingerprint density at radius 3 is 1.68 bits per heavy atom. The summed E-state index contributed by atoms with van der Waals surface area (Å²) in [5.74, 6) is 0.906. The molecule has 0 spiro atoms. The first-order chi connectivity index (χ1) is 17.6. The summed E-state index contributed by atoms with van der Waals surface area (Å²) in [5, 5.41) is 0. The van der Waals surface area contributed by atoms with Crippen LogP contribution in [0.4, 0.5) is 0 Å². The minimum absolute atomic E-state index is 0.237. The van der Waals surface area contributed by atoms with Crippen LogP contribution < -0.4 is 5.73 Å². The van der Waals surface area contributed by atoms with Crippen molar-refractivity contribution < 1.29 is 9.53 Å². The molecular weight excluding hydrogens is 470 g/mol. The average molecular weight is 502 g/mol. The van der Waals surface area contributed by atoms with Gasteiger partial charge in [0, 0.05) is 43.4 Å². The van der Waals surface area contributed by atoms with Gasteiger partial charge >= 0.3 is 5.97 Å². The summed E-state index contributed by atoms with van der Waals surface area (Å²) in [6.45, 7) is 9.81. The van der Waals surface area contributed by atoms with Gasteiger partial charge in [0.1, 0.15) is 29.6 Å². The van der Waals surface area contributed by atoms with Gasteiger partial charge in [0.05, 0.1) is 12.1 Å². The van der Waals surface area contributed by atoms with E-state index in [2.05, 4.69) is 39.9 Å². The first-order valence-electron chi connectivity index (χ1n) is 11.7. The van der Waals surface area contributed by atoms with E-state index in [1.807, 2.05) is 34.6 Å². The fraction of sp³-hybridized carbons (Fsp3) is 0.346. The third-order valence-electron chi connectivity index (χ3n) is 4.68. The largest absolute Gasteiger partial charge is 0.460 e. The van der Waals surface area contributed by atoms with Crippen LogP contribution >= 0.6 is 0 Å². The zero-order chi connectivity index (χ0) is 26.8. The Kier molecular flexibility index (Phi) is 9.33. The van der Waals surface area contributed by atoms with Crippen LogP contribution in [0, 0.1) is 13.8 Å². The first kappa shape index (κ1) is 27.3. The molecule has 0 amide bonds. The number of carbonyl (C=O) groups is 1. The number of rotatable bonds is 6. The van der Waals surface area contributed by atoms with Gasteiger partial charge in [-0.15, -0.1) is 0 Å². The number of nitrogens with zero attached hydrogens (tertiary/aromatic N) is 8. The van der Waals surface area contributed by atoms with E-state index in [1.54, 1.807) is 36.9 Å². The molecule has 11 heteroatoms. The average Bonchev–Trinajstić information content (AvgIpc) is 2.88. The van der Waals surface area contributed by atoms with Gasteiger partial charge in [-0.3, -0.25) is 4.79 Å². The van der Waals surface area contributed by atoms with Crippen LogP contribution in [0.2, 0.25) is 0 Å². The minimum Gasteiger partial charge on any atom is -0.460 e. The predicted molar refractivity (Wildman–Crippen MR) is 138 cm³/mol. The monoisotopic (exact) mass is 501 g/mol. The van der Waals surface area contributed by atoms with Crippen molar-refractivity contribution in [1.29, 1.82) is 0 Å². The number of aryl methyl sites for hydroxylation is 3. The Hall–Kier alpha value is -4.25. The highest BCUT2D eigenvalue weighted by molar-refractivity contribution is 5.70. The number of aromatic nitrogens is 8. The van der Waals surface area contributed by atoms with Crippen LogP contribution in [-0.4, -0.2) is 51.4 Å². The van der Waals surface area contributed by atoms with Gasteiger partial charge in [-0.05, 0) is 57.9 Å². The second kappa shape index (κ2) is 12.6. The number of hydrogen-bond acceptors (Lipinski definition) is 11. The van der Waals surface area contributed by atoms with Crippen molar-refractivity contribution in [2.75, 3.05) is 0 Å². The lowest BCUT2D eigenvalue weighted by Gasteiger charge is -2.19. The lowest BCUT2D eigenvalue weighted by Crippen LogP contribution is -2.24. The quantitative estimate of drug-likeness (QED) is 0.387. The van der Waals surface area contributed by atoms with Gasteiger partial charge in [-0.2, -0.15) is 0 Å². The van der Waals surface area contributed by atoms with E-state index in [1.165, 1.54) is 12.7 Å². The third kappa shape index (κ3) is 9.04. The number of esters is 1. The van der Waals surface area contributed by atoms with E-state index in [-0.39, 0.29) is 12.4 Å². The fourth-order valence-corrected chi connectivity index (χ4v) is 2.96. The standard InChI is InChI=1S/C16H20N4O2.C10H11N5/c1-11-8-17-15(18-9-11)13-7-12(19-10-20-13)5-6-14(21)22-16(2,3)4;1-7-4-12-10(13-5-7)9-2-8(3-11)14-6-15-9/h7-10H,5-6H2,1-4H3;2,4-6H,3,11H2,1H3. The van der Waals surface area contributed by atoms with Crippen LogP contribution in [-0.2, 0) is 22.5 Å². The molecule has 4 aromatic rings. The topological polar surface area (TPSA) is 155 Å². The molecule has 37 heavy (non-hydrogen) atoms. The molecule has 0 saturated carbocycles. The molecule has 11 nitrogen and oxygen atoms in total. The van der Waals surface area contributed by atoms with E-state index >= 15 is 0 Å². The van der Waals surface area contributed by atoms with Crippen molar-refractivity contribution in [3.63, 3.8) is 0 Å². The Morgan fingerprint density at radius 2 is 1.22 bits per heavy atom. The Morgan fingerprint density at radius 1 is 0.757 bits per heavy atom. The predicted octanol–water partition coefficient (Wildman–Crippen LogP) is 3.22. The summed E-state index contributed by atoms with van der Waals surface area (Å²) >= 11 is 0. The highest BCUT2D eigenvalue weighted by Crippen LogP contribution is 2.14. The molecule has 0 aliphatic rings. The van der Waals surface area contributed by atoms with Crippen LogP contribution in [0.5, 0.6) is 0 Å². The van der Waals surface area contributed by atoms with E-state index in [0.29, 0.717) is 36.0 Å². The summed E-state index contributed by atoms with van der Waals surface area (Å²) in [7, 11) is 0. The van der Waals surface area contributed by atoms with E-state index < -0.39 is 5.60 Å². The molecule has 0 unspecified atom stereocenters. The van der Waals surface area contributed by atoms with Crippen molar-refractivity contribution in [2.45, 2.75) is 59.6 Å². The third-order valence-corrected chi connectivity index (χ3v) is 4.68. The molecule has 0 aliphatic carbocycles. The molecule has 0 fully saturated rings. The molecule has 4 aromatic heterocycles. The van der Waals surface area contributed by atoms with Gasteiger partial charge in [0.2, 0.25) is 0 Å². The summed E-state index contributed by atoms with van der Waals surface area (Å²) in [6, 6.07) is 3.60. The maximum Gasteiger partial charge on any atom is 0.306 e. The van der Waals surface area contributed by atoms with Crippen LogP contribution in [0.15, 0.2) is 49.6 Å². The van der Waals surface area contributed by atoms with Crippen molar-refractivity contribution in [1.82, 2.24) is 39.9 Å². The molecule has 0 aliphatic heterocycles. The first-order valence-corrected chi connectivity index (χ1v) is 11.7. The second-order valence-corrected chi connectivity index (χ2v) is 9.25. The highest BCUT2D eigenvalue weighted by atomic mass is 16.6. The van der Waals surface area contributed by atoms with E-state index in [0.717, 1.165) is 22.5 Å². The van der Waals surface area contributed by atoms with Gasteiger partial charge in [0.15, 0.2) is 11.6 Å². The van der Waals surface area contributed by atoms with Gasteiger partial charge < -0.3 is 10.5 Å². The van der Waals surface area contributed by atoms with Gasteiger partial charge in [-0.1, -0.05) is 0 Å². The second-order valence-electron chi connectivity index (χ2n) is 9.25. The number of hydrogen-bond donors (Lipinski definition) is 1. The van der Waals surface area contributed by atoms with Crippen LogP contribution in [0.3, 0.4) is 0 Å². The zero-order valence-electron chi connectivity index (χ0n) is 21.7. The zero-order valence-corrected chi connectivity index (χ0v) is 21.7. The Balaban J connectivity index is 0.000000220. The van der Waals surface area contributed by atoms with Crippen molar-refractivity contribution in [3.8, 4) is 23.0 Å². The van der Waals surface area contributed by atoms with E-state index in [4.69, 9.17) is 10.5 Å². The van der Waals surface area contributed by atoms with Gasteiger partial charge in [0.25, 0.3) is 0 Å². The molecule has 4 heterocycles. The van der Waals surface area contributed by atoms with Crippen molar-refractivity contribution in [3.05, 3.63) is 72.1 Å². The number of carbonyl (C=O) groups excluding carboxylic acids is 1. The Bertz CT molecular complexity index is 1300. The number of nitrogens with two attached hydrogens (primary N) is 1. The molecule has 0 saturated heterocycles. The maximum absolute atomic E-state index is 11.7. The van der Waals surface area contributed by atoms with Crippen molar-refractivity contribution in [2.24, 2.45) is 5.73 Å². The molecule has 0 aromatic carbocycles.